The van der Waals surface area contributed by atoms with Gasteiger partial charge >= 0.3 is 0 Å². The fourth-order valence-corrected chi connectivity index (χ4v) is 3.97. The van der Waals surface area contributed by atoms with E-state index in [0.29, 0.717) is 31.2 Å². The van der Waals surface area contributed by atoms with Crippen molar-refractivity contribution in [2.45, 2.75) is 30.8 Å². The van der Waals surface area contributed by atoms with Crippen LogP contribution in [0, 0.1) is 0 Å². The number of rotatable bonds is 3. The normalized spacial score (nSPS) is 20.4. The Bertz CT molecular complexity index is 538. The van der Waals surface area contributed by atoms with Crippen molar-refractivity contribution >= 4 is 10.0 Å². The van der Waals surface area contributed by atoms with E-state index >= 15 is 0 Å². The molecule has 106 valence electrons. The van der Waals surface area contributed by atoms with E-state index in [0.717, 1.165) is 5.56 Å². The Hall–Kier alpha value is -0.950. The lowest BCUT2D eigenvalue weighted by Gasteiger charge is -2.40. The molecule has 1 aromatic carbocycles. The van der Waals surface area contributed by atoms with Gasteiger partial charge in [0.05, 0.1) is 23.6 Å². The van der Waals surface area contributed by atoms with Gasteiger partial charge in [-0.25, -0.2) is 8.42 Å². The topological polar surface area (TPSA) is 72.6 Å². The number of hydrogen-bond acceptors (Lipinski definition) is 4. The first kappa shape index (κ1) is 14.5. The van der Waals surface area contributed by atoms with E-state index in [1.165, 1.54) is 4.31 Å². The Labute approximate surface area is 114 Å². The molecule has 1 fully saturated rings. The third-order valence-electron chi connectivity index (χ3n) is 3.32. The first-order valence-electron chi connectivity index (χ1n) is 6.27. The molecule has 1 saturated heterocycles. The summed E-state index contributed by atoms with van der Waals surface area (Å²) >= 11 is 0. The maximum absolute atomic E-state index is 12.6. The van der Waals surface area contributed by atoms with Gasteiger partial charge in [-0.1, -0.05) is 12.1 Å². The summed E-state index contributed by atoms with van der Waals surface area (Å²) in [4.78, 5) is 0.305. The molecular formula is C13H20N2O3S. The maximum atomic E-state index is 12.6. The van der Waals surface area contributed by atoms with Crippen molar-refractivity contribution in [3.63, 3.8) is 0 Å². The van der Waals surface area contributed by atoms with Crippen LogP contribution in [-0.4, -0.2) is 38.0 Å². The lowest BCUT2D eigenvalue weighted by atomic mass is 10.1. The average molecular weight is 284 g/mol. The molecule has 0 unspecified atom stereocenters. The number of morpholine rings is 1. The molecule has 0 atom stereocenters. The Kier molecular flexibility index (Phi) is 3.96. The van der Waals surface area contributed by atoms with Crippen LogP contribution >= 0.6 is 0 Å². The second-order valence-corrected chi connectivity index (χ2v) is 7.15. The van der Waals surface area contributed by atoms with E-state index in [4.69, 9.17) is 10.5 Å². The van der Waals surface area contributed by atoms with Gasteiger partial charge in [-0.05, 0) is 31.5 Å². The van der Waals surface area contributed by atoms with Crippen LogP contribution in [0.2, 0.25) is 0 Å². The smallest absolute Gasteiger partial charge is 0.243 e. The molecule has 19 heavy (non-hydrogen) atoms. The summed E-state index contributed by atoms with van der Waals surface area (Å²) in [5, 5.41) is 0. The van der Waals surface area contributed by atoms with Gasteiger partial charge in [0.15, 0.2) is 0 Å². The lowest BCUT2D eigenvalue weighted by molar-refractivity contribution is -0.00770. The molecule has 2 rings (SSSR count). The highest BCUT2D eigenvalue weighted by Gasteiger charge is 2.39. The van der Waals surface area contributed by atoms with Crippen molar-refractivity contribution in [1.82, 2.24) is 4.31 Å². The molecule has 6 heteroatoms. The van der Waals surface area contributed by atoms with Gasteiger partial charge in [0.1, 0.15) is 0 Å². The number of ether oxygens (including phenoxy) is 1. The summed E-state index contributed by atoms with van der Waals surface area (Å²) in [6.07, 6.45) is 0. The van der Waals surface area contributed by atoms with Gasteiger partial charge in [-0.15, -0.1) is 0 Å². The minimum absolute atomic E-state index is 0.305. The van der Waals surface area contributed by atoms with E-state index in [1.807, 2.05) is 13.8 Å². The maximum Gasteiger partial charge on any atom is 0.243 e. The number of benzene rings is 1. The summed E-state index contributed by atoms with van der Waals surface area (Å²) < 4.78 is 32.2. The molecule has 1 aliphatic rings. The molecule has 0 aromatic heterocycles. The minimum Gasteiger partial charge on any atom is -0.378 e. The molecule has 0 bridgehead atoms. The molecule has 2 N–H and O–H groups in total. The molecule has 1 aromatic rings. The molecule has 1 heterocycles. The molecule has 1 aliphatic heterocycles. The van der Waals surface area contributed by atoms with Crippen LogP contribution in [0.4, 0.5) is 0 Å². The van der Waals surface area contributed by atoms with Crippen LogP contribution in [0.25, 0.3) is 0 Å². The molecular weight excluding hydrogens is 264 g/mol. The summed E-state index contributed by atoms with van der Waals surface area (Å²) in [5.41, 5.74) is 5.91. The molecule has 5 nitrogen and oxygen atoms in total. The zero-order valence-corrected chi connectivity index (χ0v) is 12.1. The summed E-state index contributed by atoms with van der Waals surface area (Å²) in [6, 6.07) is 6.73. The summed E-state index contributed by atoms with van der Waals surface area (Å²) in [7, 11) is -3.48. The zero-order chi connectivity index (χ0) is 14.1. The lowest BCUT2D eigenvalue weighted by Crippen LogP contribution is -2.55. The first-order chi connectivity index (χ1) is 8.88. The molecule has 0 radical (unpaired) electrons. The fourth-order valence-electron chi connectivity index (χ4n) is 2.21. The molecule has 0 spiro atoms. The highest BCUT2D eigenvalue weighted by atomic mass is 32.2. The first-order valence-corrected chi connectivity index (χ1v) is 7.71. The van der Waals surface area contributed by atoms with Gasteiger partial charge < -0.3 is 10.5 Å². The highest BCUT2D eigenvalue weighted by Crippen LogP contribution is 2.27. The second-order valence-electron chi connectivity index (χ2n) is 5.29. The summed E-state index contributed by atoms with van der Waals surface area (Å²) in [6.45, 7) is 5.38. The number of hydrogen-bond donors (Lipinski definition) is 1. The average Bonchev–Trinajstić information content (AvgIpc) is 2.38. The molecule has 0 amide bonds. The largest absolute Gasteiger partial charge is 0.378 e. The van der Waals surface area contributed by atoms with Gasteiger partial charge in [0, 0.05) is 13.1 Å². The van der Waals surface area contributed by atoms with Crippen LogP contribution in [0.5, 0.6) is 0 Å². The van der Waals surface area contributed by atoms with Gasteiger partial charge in [-0.3, -0.25) is 0 Å². The zero-order valence-electron chi connectivity index (χ0n) is 11.3. The van der Waals surface area contributed by atoms with Crippen LogP contribution in [0.15, 0.2) is 29.2 Å². The Balaban J connectivity index is 2.35. The van der Waals surface area contributed by atoms with Crippen molar-refractivity contribution in [2.24, 2.45) is 5.73 Å². The van der Waals surface area contributed by atoms with E-state index in [-0.39, 0.29) is 0 Å². The Morgan fingerprint density at radius 3 is 2.47 bits per heavy atom. The minimum atomic E-state index is -3.48. The number of nitrogens with two attached hydrogens (primary N) is 1. The van der Waals surface area contributed by atoms with E-state index < -0.39 is 15.6 Å². The van der Waals surface area contributed by atoms with Gasteiger partial charge in [0.2, 0.25) is 10.0 Å². The van der Waals surface area contributed by atoms with Crippen LogP contribution in [0.1, 0.15) is 19.4 Å². The van der Waals surface area contributed by atoms with Crippen molar-refractivity contribution < 1.29 is 13.2 Å². The Morgan fingerprint density at radius 1 is 1.32 bits per heavy atom. The Morgan fingerprint density at radius 2 is 1.95 bits per heavy atom. The van der Waals surface area contributed by atoms with Crippen molar-refractivity contribution in [1.29, 1.82) is 0 Å². The quantitative estimate of drug-likeness (QED) is 0.896. The predicted octanol–water partition coefficient (Wildman–Crippen LogP) is 0.945. The predicted molar refractivity (Wildman–Crippen MR) is 73.1 cm³/mol. The number of sulfonamides is 1. The van der Waals surface area contributed by atoms with Gasteiger partial charge in [0.25, 0.3) is 0 Å². The standard InChI is InChI=1S/C13H20N2O3S/c1-13(2)10-18-8-7-15(13)19(16,17)12-5-3-11(9-14)4-6-12/h3-6H,7-10,14H2,1-2H3. The van der Waals surface area contributed by atoms with Crippen LogP contribution in [-0.2, 0) is 21.3 Å². The van der Waals surface area contributed by atoms with Crippen molar-refractivity contribution in [3.8, 4) is 0 Å². The number of nitrogens with zero attached hydrogens (tertiary/aromatic N) is 1. The van der Waals surface area contributed by atoms with Crippen molar-refractivity contribution in [2.75, 3.05) is 19.8 Å². The van der Waals surface area contributed by atoms with Crippen LogP contribution < -0.4 is 5.73 Å². The monoisotopic (exact) mass is 284 g/mol. The third kappa shape index (κ3) is 2.81. The second kappa shape index (κ2) is 5.20. The molecule has 0 aliphatic carbocycles. The highest BCUT2D eigenvalue weighted by molar-refractivity contribution is 7.89. The van der Waals surface area contributed by atoms with E-state index in [1.54, 1.807) is 24.3 Å². The van der Waals surface area contributed by atoms with Gasteiger partial charge in [-0.2, -0.15) is 4.31 Å². The summed E-state index contributed by atoms with van der Waals surface area (Å²) in [5.74, 6) is 0. The van der Waals surface area contributed by atoms with E-state index in [9.17, 15) is 8.42 Å². The fraction of sp³-hybridized carbons (Fsp3) is 0.538. The van der Waals surface area contributed by atoms with Crippen molar-refractivity contribution in [3.05, 3.63) is 29.8 Å². The SMILES string of the molecule is CC1(C)COCCN1S(=O)(=O)c1ccc(CN)cc1. The van der Waals surface area contributed by atoms with E-state index in [2.05, 4.69) is 0 Å². The molecule has 0 saturated carbocycles. The third-order valence-corrected chi connectivity index (χ3v) is 5.44. The van der Waals surface area contributed by atoms with Crippen LogP contribution in [0.3, 0.4) is 0 Å².